The minimum atomic E-state index is -0.231. The molecule has 1 aliphatic carbocycles. The van der Waals surface area contributed by atoms with E-state index in [-0.39, 0.29) is 17.9 Å². The molecule has 2 amide bonds. The summed E-state index contributed by atoms with van der Waals surface area (Å²) in [5.74, 6) is 0.210. The number of hydrogen-bond acceptors (Lipinski definition) is 3. The van der Waals surface area contributed by atoms with Gasteiger partial charge in [0.15, 0.2) is 0 Å². The van der Waals surface area contributed by atoms with Gasteiger partial charge in [0.05, 0.1) is 6.10 Å². The van der Waals surface area contributed by atoms with Gasteiger partial charge in [-0.05, 0) is 63.3 Å². The largest absolute Gasteiger partial charge is 0.393 e. The van der Waals surface area contributed by atoms with Gasteiger partial charge in [0.25, 0.3) is 11.8 Å². The maximum Gasteiger partial charge on any atom is 0.253 e. The van der Waals surface area contributed by atoms with E-state index in [1.165, 1.54) is 0 Å². The summed E-state index contributed by atoms with van der Waals surface area (Å²) >= 11 is 0. The number of carbonyl (C=O) groups excluding carboxylic acids is 2. The van der Waals surface area contributed by atoms with Crippen LogP contribution in [0.25, 0.3) is 0 Å². The maximum atomic E-state index is 12.3. The lowest BCUT2D eigenvalue weighted by Gasteiger charge is -2.25. The first kappa shape index (κ1) is 18.5. The molecule has 0 radical (unpaired) electrons. The van der Waals surface area contributed by atoms with Gasteiger partial charge in [-0.1, -0.05) is 6.42 Å². The fourth-order valence-corrected chi connectivity index (χ4v) is 3.24. The Morgan fingerprint density at radius 2 is 1.75 bits per heavy atom. The van der Waals surface area contributed by atoms with E-state index >= 15 is 0 Å². The number of benzene rings is 1. The second-order valence-electron chi connectivity index (χ2n) is 6.45. The highest BCUT2D eigenvalue weighted by Gasteiger charge is 2.21. The average Bonchev–Trinajstić information content (AvgIpc) is 2.61. The van der Waals surface area contributed by atoms with Crippen LogP contribution in [0.2, 0.25) is 0 Å². The Morgan fingerprint density at radius 1 is 1.12 bits per heavy atom. The standard InChI is InChI=1S/C19H28N2O3/c1-3-21(4-2)19(24)16-10-8-15(9-11-16)18(23)20-13-14-6-5-7-17(22)12-14/h8-11,14,17,22H,3-7,12-13H2,1-2H3,(H,20,23). The quantitative estimate of drug-likeness (QED) is 0.841. The van der Waals surface area contributed by atoms with E-state index in [1.807, 2.05) is 13.8 Å². The van der Waals surface area contributed by atoms with E-state index in [1.54, 1.807) is 29.2 Å². The van der Waals surface area contributed by atoms with Gasteiger partial charge in [-0.3, -0.25) is 9.59 Å². The van der Waals surface area contributed by atoms with Crippen LogP contribution in [0.5, 0.6) is 0 Å². The summed E-state index contributed by atoms with van der Waals surface area (Å²) in [7, 11) is 0. The third kappa shape index (κ3) is 4.81. The van der Waals surface area contributed by atoms with Gasteiger partial charge < -0.3 is 15.3 Å². The number of aliphatic hydroxyl groups is 1. The molecule has 2 unspecified atom stereocenters. The Kier molecular flexibility index (Phi) is 6.79. The summed E-state index contributed by atoms with van der Waals surface area (Å²) in [6.45, 7) is 5.84. The predicted molar refractivity (Wildman–Crippen MR) is 94.0 cm³/mol. The van der Waals surface area contributed by atoms with Crippen molar-refractivity contribution in [3.63, 3.8) is 0 Å². The van der Waals surface area contributed by atoms with Crippen LogP contribution in [-0.4, -0.2) is 47.6 Å². The van der Waals surface area contributed by atoms with Crippen LogP contribution in [0.15, 0.2) is 24.3 Å². The lowest BCUT2D eigenvalue weighted by Crippen LogP contribution is -2.33. The van der Waals surface area contributed by atoms with Crippen LogP contribution in [-0.2, 0) is 0 Å². The van der Waals surface area contributed by atoms with Gasteiger partial charge in [-0.2, -0.15) is 0 Å². The second-order valence-corrected chi connectivity index (χ2v) is 6.45. The van der Waals surface area contributed by atoms with Crippen LogP contribution in [0, 0.1) is 5.92 Å². The molecule has 132 valence electrons. The van der Waals surface area contributed by atoms with Gasteiger partial charge in [0.2, 0.25) is 0 Å². The lowest BCUT2D eigenvalue weighted by atomic mass is 9.87. The van der Waals surface area contributed by atoms with E-state index in [0.29, 0.717) is 36.7 Å². The fraction of sp³-hybridized carbons (Fsp3) is 0.579. The van der Waals surface area contributed by atoms with Crippen molar-refractivity contribution < 1.29 is 14.7 Å². The molecule has 1 aliphatic rings. The first-order chi connectivity index (χ1) is 11.5. The maximum absolute atomic E-state index is 12.3. The van der Waals surface area contributed by atoms with Crippen molar-refractivity contribution in [2.45, 2.75) is 45.6 Å². The van der Waals surface area contributed by atoms with Crippen LogP contribution >= 0.6 is 0 Å². The van der Waals surface area contributed by atoms with Crippen molar-refractivity contribution in [3.05, 3.63) is 35.4 Å². The molecule has 24 heavy (non-hydrogen) atoms. The van der Waals surface area contributed by atoms with Crippen LogP contribution in [0.3, 0.4) is 0 Å². The predicted octanol–water partition coefficient (Wildman–Crippen LogP) is 2.45. The normalized spacial score (nSPS) is 20.5. The van der Waals surface area contributed by atoms with Crippen LogP contribution in [0.1, 0.15) is 60.2 Å². The Morgan fingerprint density at radius 3 is 2.33 bits per heavy atom. The average molecular weight is 332 g/mol. The Hall–Kier alpha value is -1.88. The van der Waals surface area contributed by atoms with E-state index in [0.717, 1.165) is 25.7 Å². The number of amides is 2. The monoisotopic (exact) mass is 332 g/mol. The fourth-order valence-electron chi connectivity index (χ4n) is 3.24. The minimum Gasteiger partial charge on any atom is -0.393 e. The molecule has 5 heteroatoms. The molecule has 5 nitrogen and oxygen atoms in total. The van der Waals surface area contributed by atoms with Crippen molar-refractivity contribution >= 4 is 11.8 Å². The summed E-state index contributed by atoms with van der Waals surface area (Å²) in [5.41, 5.74) is 1.16. The number of nitrogens with one attached hydrogen (secondary N) is 1. The number of rotatable bonds is 6. The molecule has 0 bridgehead atoms. The summed E-state index contributed by atoms with van der Waals surface area (Å²) < 4.78 is 0. The summed E-state index contributed by atoms with van der Waals surface area (Å²) in [5, 5.41) is 12.6. The van der Waals surface area contributed by atoms with Gasteiger partial charge in [-0.25, -0.2) is 0 Å². The molecular weight excluding hydrogens is 304 g/mol. The van der Waals surface area contributed by atoms with Crippen molar-refractivity contribution in [2.24, 2.45) is 5.92 Å². The van der Waals surface area contributed by atoms with E-state index in [4.69, 9.17) is 0 Å². The minimum absolute atomic E-state index is 0.0110. The second kappa shape index (κ2) is 8.83. The molecule has 0 spiro atoms. The third-order valence-electron chi connectivity index (χ3n) is 4.75. The van der Waals surface area contributed by atoms with Gasteiger partial charge in [0, 0.05) is 30.8 Å². The SMILES string of the molecule is CCN(CC)C(=O)c1ccc(C(=O)NCC2CCCC(O)C2)cc1. The summed E-state index contributed by atoms with van der Waals surface area (Å²) in [6, 6.07) is 6.81. The molecule has 1 fully saturated rings. The Bertz CT molecular complexity index is 552. The number of aliphatic hydroxyl groups excluding tert-OH is 1. The van der Waals surface area contributed by atoms with Crippen molar-refractivity contribution in [3.8, 4) is 0 Å². The first-order valence-corrected chi connectivity index (χ1v) is 8.90. The van der Waals surface area contributed by atoms with Gasteiger partial charge >= 0.3 is 0 Å². The molecule has 2 N–H and O–H groups in total. The molecule has 2 rings (SSSR count). The number of hydrogen-bond donors (Lipinski definition) is 2. The van der Waals surface area contributed by atoms with E-state index in [9.17, 15) is 14.7 Å². The van der Waals surface area contributed by atoms with Crippen molar-refractivity contribution in [1.29, 1.82) is 0 Å². The van der Waals surface area contributed by atoms with Gasteiger partial charge in [0.1, 0.15) is 0 Å². The number of carbonyl (C=O) groups is 2. The zero-order valence-electron chi connectivity index (χ0n) is 14.6. The van der Waals surface area contributed by atoms with E-state index < -0.39 is 0 Å². The highest BCUT2D eigenvalue weighted by atomic mass is 16.3. The zero-order chi connectivity index (χ0) is 17.5. The van der Waals surface area contributed by atoms with Crippen molar-refractivity contribution in [1.82, 2.24) is 10.2 Å². The number of nitrogens with zero attached hydrogens (tertiary/aromatic N) is 1. The molecule has 1 aromatic rings. The van der Waals surface area contributed by atoms with Crippen LogP contribution < -0.4 is 5.32 Å². The molecular formula is C19H28N2O3. The molecule has 0 saturated heterocycles. The lowest BCUT2D eigenvalue weighted by molar-refractivity contribution is 0.0772. The van der Waals surface area contributed by atoms with Gasteiger partial charge in [-0.15, -0.1) is 0 Å². The Balaban J connectivity index is 1.90. The smallest absolute Gasteiger partial charge is 0.253 e. The molecule has 2 atom stereocenters. The Labute approximate surface area is 144 Å². The van der Waals surface area contributed by atoms with E-state index in [2.05, 4.69) is 5.32 Å². The zero-order valence-corrected chi connectivity index (χ0v) is 14.6. The molecule has 0 heterocycles. The molecule has 1 aromatic carbocycles. The first-order valence-electron chi connectivity index (χ1n) is 8.90. The summed E-state index contributed by atoms with van der Waals surface area (Å²) in [6.07, 6.45) is 3.47. The third-order valence-corrected chi connectivity index (χ3v) is 4.75. The topological polar surface area (TPSA) is 69.6 Å². The highest BCUT2D eigenvalue weighted by Crippen LogP contribution is 2.23. The summed E-state index contributed by atoms with van der Waals surface area (Å²) in [4.78, 5) is 26.2. The molecule has 1 saturated carbocycles. The van der Waals surface area contributed by atoms with Crippen LogP contribution in [0.4, 0.5) is 0 Å². The highest BCUT2D eigenvalue weighted by molar-refractivity contribution is 5.97. The van der Waals surface area contributed by atoms with Crippen molar-refractivity contribution in [2.75, 3.05) is 19.6 Å². The molecule has 0 aromatic heterocycles. The molecule has 0 aliphatic heterocycles.